The topological polar surface area (TPSA) is 72.6 Å². The molecular formula is C12H15NO3. The summed E-state index contributed by atoms with van der Waals surface area (Å²) in [6, 6.07) is 4.69. The van der Waals surface area contributed by atoms with Crippen LogP contribution >= 0.6 is 0 Å². The van der Waals surface area contributed by atoms with Crippen molar-refractivity contribution in [3.05, 3.63) is 23.8 Å². The second-order valence-corrected chi connectivity index (χ2v) is 4.06. The molecule has 0 amide bonds. The van der Waals surface area contributed by atoms with E-state index in [0.29, 0.717) is 0 Å². The Kier molecular flexibility index (Phi) is 2.99. The van der Waals surface area contributed by atoms with E-state index in [1.54, 1.807) is 12.1 Å². The molecule has 86 valence electrons. The predicted molar refractivity (Wildman–Crippen MR) is 60.2 cm³/mol. The fourth-order valence-electron chi connectivity index (χ4n) is 1.95. The molecule has 16 heavy (non-hydrogen) atoms. The number of hydrogen-bond acceptors (Lipinski definition) is 4. The maximum absolute atomic E-state index is 11.7. The molecule has 1 aliphatic rings. The molecule has 1 aromatic rings. The number of nitrogens with two attached hydrogens (primary N) is 1. The zero-order valence-corrected chi connectivity index (χ0v) is 8.98. The molecule has 0 unspecified atom stereocenters. The number of phenols is 1. The lowest BCUT2D eigenvalue weighted by atomic mass is 10.1. The third-order valence-electron chi connectivity index (χ3n) is 2.86. The van der Waals surface area contributed by atoms with E-state index in [-0.39, 0.29) is 23.1 Å². The Hall–Kier alpha value is -1.71. The van der Waals surface area contributed by atoms with Gasteiger partial charge in [-0.05, 0) is 37.8 Å². The van der Waals surface area contributed by atoms with E-state index in [4.69, 9.17) is 10.5 Å². The van der Waals surface area contributed by atoms with Crippen LogP contribution in [0.25, 0.3) is 0 Å². The van der Waals surface area contributed by atoms with E-state index in [1.807, 2.05) is 0 Å². The van der Waals surface area contributed by atoms with Crippen molar-refractivity contribution in [2.24, 2.45) is 0 Å². The molecule has 1 aliphatic carbocycles. The van der Waals surface area contributed by atoms with E-state index >= 15 is 0 Å². The summed E-state index contributed by atoms with van der Waals surface area (Å²) in [6.45, 7) is 0. The molecule has 0 saturated heterocycles. The fraction of sp³-hybridized carbons (Fsp3) is 0.417. The highest BCUT2D eigenvalue weighted by molar-refractivity contribution is 5.94. The predicted octanol–water partition coefficient (Wildman–Crippen LogP) is 2.07. The summed E-state index contributed by atoms with van der Waals surface area (Å²) in [5.41, 5.74) is 5.85. The number of nitrogen functional groups attached to an aromatic ring is 1. The first-order valence-electron chi connectivity index (χ1n) is 5.47. The second-order valence-electron chi connectivity index (χ2n) is 4.06. The maximum atomic E-state index is 11.7. The van der Waals surface area contributed by atoms with Gasteiger partial charge in [-0.2, -0.15) is 0 Å². The summed E-state index contributed by atoms with van der Waals surface area (Å²) in [5.74, 6) is -0.679. The zero-order valence-electron chi connectivity index (χ0n) is 8.98. The zero-order chi connectivity index (χ0) is 11.5. The molecule has 0 atom stereocenters. The van der Waals surface area contributed by atoms with Gasteiger partial charge in [0.15, 0.2) is 5.75 Å². The lowest BCUT2D eigenvalue weighted by Crippen LogP contribution is -2.15. The second kappa shape index (κ2) is 4.43. The minimum Gasteiger partial charge on any atom is -0.505 e. The molecule has 0 spiro atoms. The molecule has 0 heterocycles. The lowest BCUT2D eigenvalue weighted by molar-refractivity contribution is 0.0315. The average molecular weight is 221 g/mol. The van der Waals surface area contributed by atoms with Crippen LogP contribution in [0.4, 0.5) is 5.69 Å². The van der Waals surface area contributed by atoms with E-state index in [1.165, 1.54) is 6.07 Å². The Morgan fingerprint density at radius 2 is 2.06 bits per heavy atom. The molecule has 1 fully saturated rings. The van der Waals surface area contributed by atoms with Crippen LogP contribution in [0.3, 0.4) is 0 Å². The van der Waals surface area contributed by atoms with Crippen molar-refractivity contribution in [3.63, 3.8) is 0 Å². The number of phenolic OH excluding ortho intramolecular Hbond substituents is 1. The molecule has 0 radical (unpaired) electrons. The van der Waals surface area contributed by atoms with Crippen molar-refractivity contribution in [1.82, 2.24) is 0 Å². The van der Waals surface area contributed by atoms with Gasteiger partial charge in [0.2, 0.25) is 0 Å². The minimum atomic E-state index is -0.489. The van der Waals surface area contributed by atoms with E-state index in [9.17, 15) is 9.90 Å². The van der Waals surface area contributed by atoms with Gasteiger partial charge in [0, 0.05) is 0 Å². The average Bonchev–Trinajstić information content (AvgIpc) is 2.74. The number of anilines is 1. The molecule has 2 rings (SSSR count). The van der Waals surface area contributed by atoms with Gasteiger partial charge in [0.05, 0.1) is 5.69 Å². The molecule has 0 aliphatic heterocycles. The van der Waals surface area contributed by atoms with Crippen molar-refractivity contribution in [3.8, 4) is 5.75 Å². The number of hydrogen-bond donors (Lipinski definition) is 2. The smallest absolute Gasteiger partial charge is 0.342 e. The van der Waals surface area contributed by atoms with Crippen LogP contribution in [0.5, 0.6) is 5.75 Å². The quantitative estimate of drug-likeness (QED) is 0.455. The van der Waals surface area contributed by atoms with Crippen molar-refractivity contribution in [2.45, 2.75) is 31.8 Å². The van der Waals surface area contributed by atoms with Gasteiger partial charge in [-0.25, -0.2) is 4.79 Å². The summed E-state index contributed by atoms with van der Waals surface area (Å²) in [6.07, 6.45) is 4.01. The van der Waals surface area contributed by atoms with Gasteiger partial charge in [-0.15, -0.1) is 0 Å². The Balaban J connectivity index is 2.11. The monoisotopic (exact) mass is 221 g/mol. The van der Waals surface area contributed by atoms with Crippen LogP contribution in [-0.4, -0.2) is 17.2 Å². The van der Waals surface area contributed by atoms with E-state index < -0.39 is 5.97 Å². The summed E-state index contributed by atoms with van der Waals surface area (Å²) < 4.78 is 5.28. The number of para-hydroxylation sites is 1. The normalized spacial score (nSPS) is 16.2. The highest BCUT2D eigenvalue weighted by Gasteiger charge is 2.22. The van der Waals surface area contributed by atoms with Crippen molar-refractivity contribution < 1.29 is 14.6 Å². The number of carbonyl (C=O) groups excluding carboxylic acids is 1. The fourth-order valence-corrected chi connectivity index (χ4v) is 1.95. The van der Waals surface area contributed by atoms with Crippen LogP contribution in [-0.2, 0) is 4.74 Å². The Bertz CT molecular complexity index is 397. The highest BCUT2D eigenvalue weighted by Crippen LogP contribution is 2.27. The van der Waals surface area contributed by atoms with Gasteiger partial charge >= 0.3 is 5.97 Å². The van der Waals surface area contributed by atoms with Crippen LogP contribution in [0.1, 0.15) is 36.0 Å². The molecule has 4 heteroatoms. The van der Waals surface area contributed by atoms with Crippen LogP contribution < -0.4 is 5.73 Å². The van der Waals surface area contributed by atoms with Crippen molar-refractivity contribution in [2.75, 3.05) is 5.73 Å². The molecule has 1 saturated carbocycles. The Morgan fingerprint density at radius 1 is 1.38 bits per heavy atom. The molecule has 1 aromatic carbocycles. The number of rotatable bonds is 2. The minimum absolute atomic E-state index is 0.00618. The largest absolute Gasteiger partial charge is 0.505 e. The van der Waals surface area contributed by atoms with Crippen LogP contribution in [0, 0.1) is 0 Å². The van der Waals surface area contributed by atoms with Gasteiger partial charge in [-0.3, -0.25) is 0 Å². The van der Waals surface area contributed by atoms with E-state index in [0.717, 1.165) is 25.7 Å². The summed E-state index contributed by atoms with van der Waals surface area (Å²) in [4.78, 5) is 11.7. The first-order valence-corrected chi connectivity index (χ1v) is 5.47. The summed E-state index contributed by atoms with van der Waals surface area (Å²) in [7, 11) is 0. The Morgan fingerprint density at radius 3 is 2.75 bits per heavy atom. The summed E-state index contributed by atoms with van der Waals surface area (Å²) >= 11 is 0. The number of aromatic hydroxyl groups is 1. The lowest BCUT2D eigenvalue weighted by Gasteiger charge is -2.12. The number of carbonyl (C=O) groups is 1. The first-order chi connectivity index (χ1) is 7.68. The number of esters is 1. The molecule has 4 nitrogen and oxygen atoms in total. The van der Waals surface area contributed by atoms with Gasteiger partial charge in [-0.1, -0.05) is 6.07 Å². The van der Waals surface area contributed by atoms with Crippen molar-refractivity contribution in [1.29, 1.82) is 0 Å². The van der Waals surface area contributed by atoms with Gasteiger partial charge in [0.1, 0.15) is 11.7 Å². The molecule has 3 N–H and O–H groups in total. The van der Waals surface area contributed by atoms with Crippen LogP contribution in [0.2, 0.25) is 0 Å². The standard InChI is InChI=1S/C12H15NO3/c13-10-7-3-6-9(11(10)14)12(15)16-8-4-1-2-5-8/h3,6-8,14H,1-2,4-5,13H2. The maximum Gasteiger partial charge on any atom is 0.342 e. The van der Waals surface area contributed by atoms with Crippen LogP contribution in [0.15, 0.2) is 18.2 Å². The summed E-state index contributed by atoms with van der Waals surface area (Å²) in [5, 5.41) is 9.62. The third-order valence-corrected chi connectivity index (χ3v) is 2.86. The first kappa shape index (κ1) is 10.8. The van der Waals surface area contributed by atoms with E-state index in [2.05, 4.69) is 0 Å². The SMILES string of the molecule is Nc1cccc(C(=O)OC2CCCC2)c1O. The third kappa shape index (κ3) is 2.10. The number of ether oxygens (including phenoxy) is 1. The molecule has 0 aromatic heterocycles. The van der Waals surface area contributed by atoms with Gasteiger partial charge in [0.25, 0.3) is 0 Å². The molecular weight excluding hydrogens is 206 g/mol. The van der Waals surface area contributed by atoms with Crippen molar-refractivity contribution >= 4 is 11.7 Å². The number of benzene rings is 1. The Labute approximate surface area is 94.0 Å². The molecule has 0 bridgehead atoms. The highest BCUT2D eigenvalue weighted by atomic mass is 16.5. The van der Waals surface area contributed by atoms with Gasteiger partial charge < -0.3 is 15.6 Å².